The molecule has 1 amide bonds. The number of rotatable bonds is 4. The van der Waals surface area contributed by atoms with Crippen molar-refractivity contribution < 1.29 is 14.3 Å². The number of hydrogen-bond acceptors (Lipinski definition) is 3. The number of hydrogen-bond donors (Lipinski definition) is 0. The zero-order chi connectivity index (χ0) is 22.2. The minimum absolute atomic E-state index is 0.123. The second kappa shape index (κ2) is 8.45. The van der Waals surface area contributed by atoms with Gasteiger partial charge in [-0.25, -0.2) is 0 Å². The van der Waals surface area contributed by atoms with Crippen molar-refractivity contribution in [2.24, 2.45) is 5.41 Å². The lowest BCUT2D eigenvalue weighted by atomic mass is 9.93. The summed E-state index contributed by atoms with van der Waals surface area (Å²) in [6.45, 7) is 6.71. The normalized spacial score (nSPS) is 19.2. The van der Waals surface area contributed by atoms with Crippen molar-refractivity contribution >= 4 is 40.3 Å². The van der Waals surface area contributed by atoms with Gasteiger partial charge < -0.3 is 9.64 Å². The van der Waals surface area contributed by atoms with Crippen LogP contribution < -0.4 is 4.90 Å². The van der Waals surface area contributed by atoms with Gasteiger partial charge >= 0.3 is 0 Å². The SMILES string of the molecule is CC(C)(C)CN1C(=O)C(C[C]=O)OC(c2cccc3ccccc23)c2cc(Cl)ccc21. The Morgan fingerprint density at radius 1 is 1.03 bits per heavy atom. The van der Waals surface area contributed by atoms with Crippen LogP contribution in [0, 0.1) is 5.41 Å². The Balaban J connectivity index is 1.96. The van der Waals surface area contributed by atoms with E-state index in [1.807, 2.05) is 60.9 Å². The van der Waals surface area contributed by atoms with Crippen molar-refractivity contribution in [2.45, 2.75) is 39.4 Å². The van der Waals surface area contributed by atoms with E-state index in [9.17, 15) is 9.59 Å². The molecule has 0 spiro atoms. The summed E-state index contributed by atoms with van der Waals surface area (Å²) in [5.74, 6) is -0.232. The van der Waals surface area contributed by atoms with Crippen LogP contribution in [0.2, 0.25) is 5.02 Å². The van der Waals surface area contributed by atoms with Crippen molar-refractivity contribution in [1.29, 1.82) is 0 Å². The second-order valence-electron chi connectivity index (χ2n) is 9.11. The van der Waals surface area contributed by atoms with Gasteiger partial charge in [-0.3, -0.25) is 9.59 Å². The Bertz CT molecular complexity index is 1130. The van der Waals surface area contributed by atoms with E-state index in [1.54, 1.807) is 11.0 Å². The van der Waals surface area contributed by atoms with Crippen LogP contribution in [0.3, 0.4) is 0 Å². The summed E-state index contributed by atoms with van der Waals surface area (Å²) < 4.78 is 6.37. The summed E-state index contributed by atoms with van der Waals surface area (Å²) in [7, 11) is 0. The first-order valence-corrected chi connectivity index (χ1v) is 10.8. The highest BCUT2D eigenvalue weighted by atomic mass is 35.5. The summed E-state index contributed by atoms with van der Waals surface area (Å²) in [6, 6.07) is 19.6. The maximum absolute atomic E-state index is 13.5. The van der Waals surface area contributed by atoms with E-state index in [-0.39, 0.29) is 17.7 Å². The molecule has 0 fully saturated rings. The lowest BCUT2D eigenvalue weighted by Gasteiger charge is -2.31. The number of ether oxygens (including phenoxy) is 1. The van der Waals surface area contributed by atoms with Crippen molar-refractivity contribution in [1.82, 2.24) is 0 Å². The monoisotopic (exact) mass is 434 g/mol. The third-order valence-corrected chi connectivity index (χ3v) is 5.65. The molecule has 4 rings (SSSR count). The van der Waals surface area contributed by atoms with Crippen LogP contribution >= 0.6 is 11.6 Å². The second-order valence-corrected chi connectivity index (χ2v) is 9.55. The molecule has 0 saturated heterocycles. The molecule has 2 atom stereocenters. The van der Waals surface area contributed by atoms with Crippen LogP contribution in [-0.2, 0) is 14.3 Å². The summed E-state index contributed by atoms with van der Waals surface area (Å²) in [5, 5.41) is 2.68. The van der Waals surface area contributed by atoms with Crippen molar-refractivity contribution in [3.63, 3.8) is 0 Å². The summed E-state index contributed by atoms with van der Waals surface area (Å²) in [4.78, 5) is 26.5. The first-order chi connectivity index (χ1) is 14.8. The average Bonchev–Trinajstić information content (AvgIpc) is 2.83. The molecule has 0 aromatic heterocycles. The van der Waals surface area contributed by atoms with Gasteiger partial charge in [0.05, 0.1) is 0 Å². The van der Waals surface area contributed by atoms with Crippen LogP contribution in [0.5, 0.6) is 0 Å². The largest absolute Gasteiger partial charge is 0.355 e. The van der Waals surface area contributed by atoms with Gasteiger partial charge in [0.2, 0.25) is 6.29 Å². The van der Waals surface area contributed by atoms with Crippen molar-refractivity contribution in [2.75, 3.05) is 11.4 Å². The molecule has 0 aliphatic carbocycles. The third kappa shape index (κ3) is 4.36. The molecule has 3 aromatic rings. The Hall–Kier alpha value is -2.69. The molecule has 1 heterocycles. The number of halogens is 1. The predicted molar refractivity (Wildman–Crippen MR) is 124 cm³/mol. The molecule has 159 valence electrons. The molecular formula is C26H25ClNO3. The lowest BCUT2D eigenvalue weighted by molar-refractivity contribution is -0.131. The maximum atomic E-state index is 13.5. The van der Waals surface area contributed by atoms with Gasteiger partial charge in [-0.05, 0) is 39.9 Å². The van der Waals surface area contributed by atoms with E-state index in [1.165, 1.54) is 0 Å². The fraction of sp³-hybridized carbons (Fsp3) is 0.308. The Kier molecular flexibility index (Phi) is 5.87. The molecule has 0 N–H and O–H groups in total. The fourth-order valence-electron chi connectivity index (χ4n) is 4.14. The highest BCUT2D eigenvalue weighted by Crippen LogP contribution is 2.42. The van der Waals surface area contributed by atoms with Gasteiger partial charge in [-0.1, -0.05) is 74.8 Å². The molecule has 4 nitrogen and oxygen atoms in total. The van der Waals surface area contributed by atoms with Gasteiger partial charge in [-0.2, -0.15) is 0 Å². The van der Waals surface area contributed by atoms with Gasteiger partial charge in [-0.15, -0.1) is 0 Å². The molecule has 0 bridgehead atoms. The Morgan fingerprint density at radius 2 is 1.77 bits per heavy atom. The average molecular weight is 435 g/mol. The van der Waals surface area contributed by atoms with Crippen LogP contribution in [-0.4, -0.2) is 24.8 Å². The standard InChI is InChI=1S/C26H25ClNO3/c1-26(2,3)16-28-22-12-11-18(27)15-21(22)24(31-23(13-14-29)25(28)30)20-10-6-8-17-7-4-5-9-19(17)20/h4-12,15,23-24H,13,16H2,1-3H3. The number of amides is 1. The quantitative estimate of drug-likeness (QED) is 0.516. The van der Waals surface area contributed by atoms with Crippen LogP contribution in [0.4, 0.5) is 5.69 Å². The maximum Gasteiger partial charge on any atom is 0.256 e. The first kappa shape index (κ1) is 21.5. The fourth-order valence-corrected chi connectivity index (χ4v) is 4.32. The van der Waals surface area contributed by atoms with E-state index in [2.05, 4.69) is 20.8 Å². The van der Waals surface area contributed by atoms with E-state index >= 15 is 0 Å². The highest BCUT2D eigenvalue weighted by Gasteiger charge is 2.38. The predicted octanol–water partition coefficient (Wildman–Crippen LogP) is 5.86. The summed E-state index contributed by atoms with van der Waals surface area (Å²) >= 11 is 6.39. The number of carbonyl (C=O) groups is 1. The Labute approximate surface area is 187 Å². The molecule has 31 heavy (non-hydrogen) atoms. The van der Waals surface area contributed by atoms with Crippen LogP contribution in [0.25, 0.3) is 10.8 Å². The molecule has 1 radical (unpaired) electrons. The third-order valence-electron chi connectivity index (χ3n) is 5.41. The van der Waals surface area contributed by atoms with E-state index < -0.39 is 12.2 Å². The molecule has 5 heteroatoms. The minimum atomic E-state index is -0.921. The highest BCUT2D eigenvalue weighted by molar-refractivity contribution is 6.30. The van der Waals surface area contributed by atoms with E-state index in [0.29, 0.717) is 11.6 Å². The number of fused-ring (bicyclic) bond motifs is 2. The van der Waals surface area contributed by atoms with E-state index in [0.717, 1.165) is 27.6 Å². The van der Waals surface area contributed by atoms with Gasteiger partial charge in [0.25, 0.3) is 5.91 Å². The summed E-state index contributed by atoms with van der Waals surface area (Å²) in [5.41, 5.74) is 2.36. The van der Waals surface area contributed by atoms with Crippen molar-refractivity contribution in [3.8, 4) is 0 Å². The van der Waals surface area contributed by atoms with Gasteiger partial charge in [0.1, 0.15) is 12.2 Å². The minimum Gasteiger partial charge on any atom is -0.355 e. The zero-order valence-corrected chi connectivity index (χ0v) is 18.6. The smallest absolute Gasteiger partial charge is 0.256 e. The molecule has 1 aliphatic heterocycles. The van der Waals surface area contributed by atoms with Crippen molar-refractivity contribution in [3.05, 3.63) is 76.8 Å². The first-order valence-electron chi connectivity index (χ1n) is 10.4. The Morgan fingerprint density at radius 3 is 2.52 bits per heavy atom. The molecule has 2 unspecified atom stereocenters. The van der Waals surface area contributed by atoms with Crippen LogP contribution in [0.1, 0.15) is 44.4 Å². The zero-order valence-electron chi connectivity index (χ0n) is 17.9. The molecule has 0 saturated carbocycles. The summed E-state index contributed by atoms with van der Waals surface area (Å²) in [6.07, 6.45) is 0.285. The van der Waals surface area contributed by atoms with Crippen LogP contribution in [0.15, 0.2) is 60.7 Å². The number of benzene rings is 3. The number of anilines is 1. The van der Waals surface area contributed by atoms with E-state index in [4.69, 9.17) is 16.3 Å². The number of nitrogens with zero attached hydrogens (tertiary/aromatic N) is 1. The molecule has 1 aliphatic rings. The van der Waals surface area contributed by atoms with Gasteiger partial charge in [0, 0.05) is 29.2 Å². The number of carbonyl (C=O) groups excluding carboxylic acids is 2. The topological polar surface area (TPSA) is 46.6 Å². The van der Waals surface area contributed by atoms with Gasteiger partial charge in [0.15, 0.2) is 0 Å². The molecular weight excluding hydrogens is 410 g/mol. The lowest BCUT2D eigenvalue weighted by Crippen LogP contribution is -2.43. The molecule has 3 aromatic carbocycles.